The highest BCUT2D eigenvalue weighted by atomic mass is 19.1. The third kappa shape index (κ3) is 1.15. The van der Waals surface area contributed by atoms with Gasteiger partial charge in [-0.2, -0.15) is 0 Å². The number of hydrogen-bond acceptors (Lipinski definition) is 0. The molecule has 58 valence electrons. The van der Waals surface area contributed by atoms with Gasteiger partial charge in [0.1, 0.15) is 5.82 Å². The zero-order chi connectivity index (χ0) is 7.84. The molecule has 0 amide bonds. The molecule has 0 bridgehead atoms. The molecule has 0 saturated heterocycles. The van der Waals surface area contributed by atoms with E-state index in [1.54, 1.807) is 12.1 Å². The van der Waals surface area contributed by atoms with Gasteiger partial charge in [-0.25, -0.2) is 4.39 Å². The second kappa shape index (κ2) is 2.33. The first-order chi connectivity index (χ1) is 5.25. The van der Waals surface area contributed by atoms with Crippen molar-refractivity contribution in [3.63, 3.8) is 0 Å². The van der Waals surface area contributed by atoms with Crippen molar-refractivity contribution in [1.82, 2.24) is 0 Å². The standard InChI is InChI=1S/C10H11F/c1-7-4-8-2-3-10(11)6-9(8)5-7/h2-3,6-7H,4-5H2,1H3. The van der Waals surface area contributed by atoms with Crippen molar-refractivity contribution >= 4 is 0 Å². The maximum absolute atomic E-state index is 12.7. The molecule has 2 rings (SSSR count). The lowest BCUT2D eigenvalue weighted by atomic mass is 10.1. The third-order valence-corrected chi connectivity index (χ3v) is 2.31. The van der Waals surface area contributed by atoms with Gasteiger partial charge in [0.15, 0.2) is 0 Å². The van der Waals surface area contributed by atoms with Crippen LogP contribution in [-0.2, 0) is 12.8 Å². The largest absolute Gasteiger partial charge is 0.207 e. The lowest BCUT2D eigenvalue weighted by molar-refractivity contribution is 0.618. The Kier molecular flexibility index (Phi) is 1.45. The Balaban J connectivity index is 2.43. The summed E-state index contributed by atoms with van der Waals surface area (Å²) >= 11 is 0. The van der Waals surface area contributed by atoms with Crippen molar-refractivity contribution in [2.75, 3.05) is 0 Å². The first kappa shape index (κ1) is 6.84. The van der Waals surface area contributed by atoms with Crippen LogP contribution >= 0.6 is 0 Å². The van der Waals surface area contributed by atoms with Crippen molar-refractivity contribution in [2.24, 2.45) is 5.92 Å². The summed E-state index contributed by atoms with van der Waals surface area (Å²) < 4.78 is 12.7. The topological polar surface area (TPSA) is 0 Å². The monoisotopic (exact) mass is 150 g/mol. The molecule has 0 heterocycles. The predicted molar refractivity (Wildman–Crippen MR) is 43.0 cm³/mol. The molecule has 1 aromatic carbocycles. The number of hydrogen-bond donors (Lipinski definition) is 0. The number of benzene rings is 1. The molecule has 0 aromatic heterocycles. The molecule has 1 unspecified atom stereocenters. The number of rotatable bonds is 0. The first-order valence-electron chi connectivity index (χ1n) is 4.03. The lowest BCUT2D eigenvalue weighted by Crippen LogP contribution is -1.89. The van der Waals surface area contributed by atoms with Crippen LogP contribution in [0, 0.1) is 11.7 Å². The summed E-state index contributed by atoms with van der Waals surface area (Å²) in [6.07, 6.45) is 2.17. The summed E-state index contributed by atoms with van der Waals surface area (Å²) in [5.41, 5.74) is 2.54. The van der Waals surface area contributed by atoms with Gasteiger partial charge in [0.05, 0.1) is 0 Å². The Morgan fingerprint density at radius 3 is 2.82 bits per heavy atom. The van der Waals surface area contributed by atoms with Crippen molar-refractivity contribution in [1.29, 1.82) is 0 Å². The SMILES string of the molecule is CC1Cc2ccc(F)cc2C1. The van der Waals surface area contributed by atoms with E-state index in [1.165, 1.54) is 11.1 Å². The van der Waals surface area contributed by atoms with Crippen molar-refractivity contribution < 1.29 is 4.39 Å². The Bertz CT molecular complexity index is 278. The highest BCUT2D eigenvalue weighted by molar-refractivity contribution is 5.32. The molecular weight excluding hydrogens is 139 g/mol. The van der Waals surface area contributed by atoms with Crippen LogP contribution in [0.5, 0.6) is 0 Å². The zero-order valence-corrected chi connectivity index (χ0v) is 6.60. The van der Waals surface area contributed by atoms with E-state index in [4.69, 9.17) is 0 Å². The fourth-order valence-corrected chi connectivity index (χ4v) is 1.81. The molecule has 1 aliphatic rings. The minimum atomic E-state index is -0.0992. The normalized spacial score (nSPS) is 21.8. The van der Waals surface area contributed by atoms with E-state index in [9.17, 15) is 4.39 Å². The van der Waals surface area contributed by atoms with Crippen LogP contribution in [0.1, 0.15) is 18.1 Å². The molecule has 0 saturated carbocycles. The van der Waals surface area contributed by atoms with Crippen LogP contribution in [0.25, 0.3) is 0 Å². The maximum atomic E-state index is 12.7. The summed E-state index contributed by atoms with van der Waals surface area (Å²) in [4.78, 5) is 0. The highest BCUT2D eigenvalue weighted by Gasteiger charge is 2.17. The minimum Gasteiger partial charge on any atom is -0.207 e. The van der Waals surface area contributed by atoms with Crippen LogP contribution in [0.15, 0.2) is 18.2 Å². The highest BCUT2D eigenvalue weighted by Crippen LogP contribution is 2.26. The van der Waals surface area contributed by atoms with Crippen molar-refractivity contribution in [3.05, 3.63) is 35.1 Å². The molecule has 0 radical (unpaired) electrons. The first-order valence-corrected chi connectivity index (χ1v) is 4.03. The van der Waals surface area contributed by atoms with Crippen LogP contribution in [-0.4, -0.2) is 0 Å². The zero-order valence-electron chi connectivity index (χ0n) is 6.60. The van der Waals surface area contributed by atoms with Gasteiger partial charge >= 0.3 is 0 Å². The smallest absolute Gasteiger partial charge is 0.123 e. The Labute approximate surface area is 66.1 Å². The number of fused-ring (bicyclic) bond motifs is 1. The Hall–Kier alpha value is -0.850. The minimum absolute atomic E-state index is 0.0992. The van der Waals surface area contributed by atoms with Crippen molar-refractivity contribution in [2.45, 2.75) is 19.8 Å². The third-order valence-electron chi connectivity index (χ3n) is 2.31. The molecule has 0 fully saturated rings. The quantitative estimate of drug-likeness (QED) is 0.533. The second-order valence-electron chi connectivity index (χ2n) is 3.43. The second-order valence-corrected chi connectivity index (χ2v) is 3.43. The molecular formula is C10H11F. The summed E-state index contributed by atoms with van der Waals surface area (Å²) in [7, 11) is 0. The van der Waals surface area contributed by atoms with Gasteiger partial charge < -0.3 is 0 Å². The molecule has 0 aliphatic heterocycles. The molecule has 0 spiro atoms. The fraction of sp³-hybridized carbons (Fsp3) is 0.400. The average Bonchev–Trinajstić information content (AvgIpc) is 2.27. The summed E-state index contributed by atoms with van der Waals surface area (Å²) in [5, 5.41) is 0. The molecule has 1 heteroatoms. The molecule has 0 nitrogen and oxygen atoms in total. The van der Waals surface area contributed by atoms with E-state index in [0.717, 1.165) is 12.8 Å². The number of halogens is 1. The van der Waals surface area contributed by atoms with Crippen LogP contribution in [0.2, 0.25) is 0 Å². The van der Waals surface area contributed by atoms with E-state index in [2.05, 4.69) is 6.92 Å². The van der Waals surface area contributed by atoms with Crippen LogP contribution in [0.4, 0.5) is 4.39 Å². The van der Waals surface area contributed by atoms with Gasteiger partial charge in [-0.1, -0.05) is 13.0 Å². The molecule has 1 aliphatic carbocycles. The average molecular weight is 150 g/mol. The molecule has 11 heavy (non-hydrogen) atoms. The van der Waals surface area contributed by atoms with E-state index in [-0.39, 0.29) is 5.82 Å². The van der Waals surface area contributed by atoms with Gasteiger partial charge in [0, 0.05) is 0 Å². The van der Waals surface area contributed by atoms with Crippen LogP contribution < -0.4 is 0 Å². The lowest BCUT2D eigenvalue weighted by Gasteiger charge is -1.95. The van der Waals surface area contributed by atoms with E-state index in [0.29, 0.717) is 5.92 Å². The van der Waals surface area contributed by atoms with Gasteiger partial charge in [-0.15, -0.1) is 0 Å². The molecule has 1 atom stereocenters. The maximum Gasteiger partial charge on any atom is 0.123 e. The van der Waals surface area contributed by atoms with Crippen molar-refractivity contribution in [3.8, 4) is 0 Å². The van der Waals surface area contributed by atoms with E-state index >= 15 is 0 Å². The Morgan fingerprint density at radius 2 is 2.00 bits per heavy atom. The predicted octanol–water partition coefficient (Wildman–Crippen LogP) is 2.56. The summed E-state index contributed by atoms with van der Waals surface area (Å²) in [6, 6.07) is 5.13. The van der Waals surface area contributed by atoms with E-state index < -0.39 is 0 Å². The molecule has 1 aromatic rings. The van der Waals surface area contributed by atoms with Gasteiger partial charge in [-0.3, -0.25) is 0 Å². The van der Waals surface area contributed by atoms with Gasteiger partial charge in [-0.05, 0) is 42.0 Å². The van der Waals surface area contributed by atoms with Gasteiger partial charge in [0.25, 0.3) is 0 Å². The summed E-state index contributed by atoms with van der Waals surface area (Å²) in [6.45, 7) is 2.21. The van der Waals surface area contributed by atoms with Gasteiger partial charge in [0.2, 0.25) is 0 Å². The fourth-order valence-electron chi connectivity index (χ4n) is 1.81. The van der Waals surface area contributed by atoms with Crippen LogP contribution in [0.3, 0.4) is 0 Å². The summed E-state index contributed by atoms with van der Waals surface area (Å²) in [5.74, 6) is 0.602. The Morgan fingerprint density at radius 1 is 1.27 bits per heavy atom. The molecule has 0 N–H and O–H groups in total. The van der Waals surface area contributed by atoms with E-state index in [1.807, 2.05) is 6.07 Å².